The van der Waals surface area contributed by atoms with E-state index in [1.807, 2.05) is 36.4 Å². The molecule has 136 valence electrons. The number of benzene rings is 2. The lowest BCUT2D eigenvalue weighted by Gasteiger charge is -2.02. The normalized spacial score (nSPS) is 10.9. The summed E-state index contributed by atoms with van der Waals surface area (Å²) in [5.74, 6) is -0.995. The predicted octanol–water partition coefficient (Wildman–Crippen LogP) is 3.33. The number of carboxylic acid groups (broad SMARTS) is 1. The van der Waals surface area contributed by atoms with Crippen molar-refractivity contribution in [3.8, 4) is 0 Å². The number of aromatic amines is 2. The van der Waals surface area contributed by atoms with Gasteiger partial charge in [-0.1, -0.05) is 55.5 Å². The van der Waals surface area contributed by atoms with Crippen LogP contribution in [0, 0.1) is 0 Å². The number of rotatable bonds is 3. The molecular weight excluding hydrogens is 340 g/mol. The van der Waals surface area contributed by atoms with Crippen molar-refractivity contribution >= 4 is 39.9 Å². The second-order valence-corrected chi connectivity index (χ2v) is 6.00. The highest BCUT2D eigenvalue weighted by atomic mass is 16.4. The Morgan fingerprint density at radius 1 is 1.00 bits per heavy atom. The molecule has 0 aliphatic rings. The van der Waals surface area contributed by atoms with Gasteiger partial charge in [-0.05, 0) is 35.7 Å². The summed E-state index contributed by atoms with van der Waals surface area (Å²) in [5, 5.41) is 11.3. The predicted molar refractivity (Wildman–Crippen MR) is 107 cm³/mol. The molecule has 0 saturated carbocycles. The largest absolute Gasteiger partial charge is 0.550 e. The molecule has 4 aromatic rings. The first-order chi connectivity index (χ1) is 13.1. The second kappa shape index (κ2) is 8.19. The first-order valence-corrected chi connectivity index (χ1v) is 8.64. The van der Waals surface area contributed by atoms with Crippen LogP contribution in [0.1, 0.15) is 24.5 Å². The van der Waals surface area contributed by atoms with E-state index in [9.17, 15) is 14.7 Å². The maximum absolute atomic E-state index is 11.9. The highest BCUT2D eigenvalue weighted by molar-refractivity contribution is 6.05. The smallest absolute Gasteiger partial charge is 0.272 e. The summed E-state index contributed by atoms with van der Waals surface area (Å²) in [6.45, 7) is 1.54. The molecule has 0 spiro atoms. The quantitative estimate of drug-likeness (QED) is 0.550. The molecule has 0 unspecified atom stereocenters. The van der Waals surface area contributed by atoms with E-state index in [4.69, 9.17) is 0 Å². The summed E-state index contributed by atoms with van der Waals surface area (Å²) < 4.78 is 0. The van der Waals surface area contributed by atoms with Gasteiger partial charge in [-0.3, -0.25) is 4.79 Å². The summed E-state index contributed by atoms with van der Waals surface area (Å²) in [4.78, 5) is 27.1. The van der Waals surface area contributed by atoms with Crippen LogP contribution < -0.4 is 10.7 Å². The van der Waals surface area contributed by atoms with Crippen LogP contribution in [0.4, 0.5) is 0 Å². The minimum absolute atomic E-state index is 0.0833. The number of fused-ring (bicyclic) bond motifs is 3. The Hall–Kier alpha value is -3.60. The molecule has 2 heterocycles. The number of aromatic nitrogens is 2. The summed E-state index contributed by atoms with van der Waals surface area (Å²) in [7, 11) is 0. The monoisotopic (exact) mass is 359 g/mol. The molecular formula is C22H19N2O3-. The van der Waals surface area contributed by atoms with E-state index < -0.39 is 5.97 Å². The molecule has 0 aliphatic heterocycles. The SMILES string of the molecule is CCC(=O)[O-].O=c1[nH]c2ccc(C=Cc3ccccc3)cc2c2cc[nH]c12. The van der Waals surface area contributed by atoms with Crippen molar-refractivity contribution in [1.82, 2.24) is 9.97 Å². The van der Waals surface area contributed by atoms with Crippen molar-refractivity contribution in [2.45, 2.75) is 13.3 Å². The van der Waals surface area contributed by atoms with Gasteiger partial charge in [0.05, 0.1) is 0 Å². The van der Waals surface area contributed by atoms with Crippen LogP contribution >= 0.6 is 0 Å². The third kappa shape index (κ3) is 4.33. The zero-order valence-corrected chi connectivity index (χ0v) is 14.9. The van der Waals surface area contributed by atoms with Gasteiger partial charge in [0.2, 0.25) is 0 Å². The van der Waals surface area contributed by atoms with Gasteiger partial charge in [0.1, 0.15) is 5.52 Å². The fraction of sp³-hybridized carbons (Fsp3) is 0.0909. The van der Waals surface area contributed by atoms with E-state index in [-0.39, 0.29) is 12.0 Å². The van der Waals surface area contributed by atoms with Crippen LogP contribution in [-0.2, 0) is 4.79 Å². The van der Waals surface area contributed by atoms with Gasteiger partial charge >= 0.3 is 0 Å². The van der Waals surface area contributed by atoms with Crippen LogP contribution in [0.2, 0.25) is 0 Å². The molecule has 0 saturated heterocycles. The standard InChI is InChI=1S/C19H14N2O.C3H6O2/c22-19-18-15(10-11-20-18)16-12-14(8-9-17(16)21-19)7-6-13-4-2-1-3-5-13;1-2-3(4)5/h1-12,20H,(H,21,22);2H2,1H3,(H,4,5)/p-1. The number of hydrogen-bond donors (Lipinski definition) is 2. The van der Waals surface area contributed by atoms with Gasteiger partial charge in [-0.2, -0.15) is 0 Å². The van der Waals surface area contributed by atoms with Crippen LogP contribution in [0.5, 0.6) is 0 Å². The number of nitrogens with one attached hydrogen (secondary N) is 2. The van der Waals surface area contributed by atoms with E-state index in [2.05, 4.69) is 40.3 Å². The Labute approximate surface area is 156 Å². The van der Waals surface area contributed by atoms with E-state index in [0.29, 0.717) is 5.52 Å². The topological polar surface area (TPSA) is 88.8 Å². The summed E-state index contributed by atoms with van der Waals surface area (Å²) in [6, 6.07) is 18.2. The molecule has 2 aromatic carbocycles. The van der Waals surface area contributed by atoms with E-state index in [0.717, 1.165) is 27.4 Å². The number of carbonyl (C=O) groups is 1. The van der Waals surface area contributed by atoms with Gasteiger partial charge in [0, 0.05) is 28.5 Å². The molecule has 5 heteroatoms. The Morgan fingerprint density at radius 2 is 1.70 bits per heavy atom. The van der Waals surface area contributed by atoms with Gasteiger partial charge in [-0.15, -0.1) is 0 Å². The third-order valence-electron chi connectivity index (χ3n) is 4.11. The van der Waals surface area contributed by atoms with Crippen LogP contribution in [0.3, 0.4) is 0 Å². The van der Waals surface area contributed by atoms with Crippen molar-refractivity contribution in [2.75, 3.05) is 0 Å². The van der Waals surface area contributed by atoms with Crippen molar-refractivity contribution in [3.05, 3.63) is 82.3 Å². The first kappa shape index (κ1) is 18.2. The maximum Gasteiger partial charge on any atom is 0.272 e. The number of aliphatic carboxylic acids is 1. The number of pyridine rings is 1. The molecule has 0 atom stereocenters. The molecule has 0 amide bonds. The Balaban J connectivity index is 0.000000376. The van der Waals surface area contributed by atoms with Crippen LogP contribution in [-0.4, -0.2) is 15.9 Å². The second-order valence-electron chi connectivity index (χ2n) is 6.00. The lowest BCUT2D eigenvalue weighted by atomic mass is 10.1. The summed E-state index contributed by atoms with van der Waals surface area (Å²) in [6.07, 6.45) is 6.07. The van der Waals surface area contributed by atoms with Gasteiger partial charge in [0.15, 0.2) is 0 Å². The number of hydrogen-bond acceptors (Lipinski definition) is 3. The molecule has 0 fully saturated rings. The van der Waals surface area contributed by atoms with Gasteiger partial charge in [-0.25, -0.2) is 0 Å². The van der Waals surface area contributed by atoms with Crippen molar-refractivity contribution in [1.29, 1.82) is 0 Å². The van der Waals surface area contributed by atoms with Crippen LogP contribution in [0.15, 0.2) is 65.6 Å². The van der Waals surface area contributed by atoms with E-state index >= 15 is 0 Å². The van der Waals surface area contributed by atoms with Crippen molar-refractivity contribution in [2.24, 2.45) is 0 Å². The number of carbonyl (C=O) groups excluding carboxylic acids is 1. The number of carboxylic acids is 1. The fourth-order valence-electron chi connectivity index (χ4n) is 2.72. The third-order valence-corrected chi connectivity index (χ3v) is 4.11. The summed E-state index contributed by atoms with van der Waals surface area (Å²) >= 11 is 0. The van der Waals surface area contributed by atoms with Gasteiger partial charge in [0.25, 0.3) is 5.56 Å². The molecule has 5 nitrogen and oxygen atoms in total. The zero-order chi connectivity index (χ0) is 19.2. The average Bonchev–Trinajstić information content (AvgIpc) is 3.19. The zero-order valence-electron chi connectivity index (χ0n) is 14.9. The Kier molecular flexibility index (Phi) is 5.52. The van der Waals surface area contributed by atoms with Gasteiger partial charge < -0.3 is 19.9 Å². The van der Waals surface area contributed by atoms with Crippen molar-refractivity contribution < 1.29 is 9.90 Å². The van der Waals surface area contributed by atoms with E-state index in [1.165, 1.54) is 6.92 Å². The minimum Gasteiger partial charge on any atom is -0.550 e. The first-order valence-electron chi connectivity index (χ1n) is 8.64. The van der Waals surface area contributed by atoms with Crippen LogP contribution in [0.25, 0.3) is 34.0 Å². The molecule has 4 rings (SSSR count). The Morgan fingerprint density at radius 3 is 2.41 bits per heavy atom. The Bertz CT molecular complexity index is 1150. The fourth-order valence-corrected chi connectivity index (χ4v) is 2.72. The molecule has 0 radical (unpaired) electrons. The molecule has 2 N–H and O–H groups in total. The molecule has 27 heavy (non-hydrogen) atoms. The molecule has 2 aromatic heterocycles. The maximum atomic E-state index is 11.9. The summed E-state index contributed by atoms with van der Waals surface area (Å²) in [5.41, 5.74) is 3.66. The number of H-pyrrole nitrogens is 2. The van der Waals surface area contributed by atoms with Crippen molar-refractivity contribution in [3.63, 3.8) is 0 Å². The minimum atomic E-state index is -0.995. The average molecular weight is 359 g/mol. The highest BCUT2D eigenvalue weighted by Crippen LogP contribution is 2.22. The van der Waals surface area contributed by atoms with E-state index in [1.54, 1.807) is 6.20 Å². The molecule has 0 aliphatic carbocycles. The lowest BCUT2D eigenvalue weighted by Crippen LogP contribution is -2.19. The lowest BCUT2D eigenvalue weighted by molar-refractivity contribution is -0.305. The highest BCUT2D eigenvalue weighted by Gasteiger charge is 2.05. The molecule has 0 bridgehead atoms.